The lowest BCUT2D eigenvalue weighted by Gasteiger charge is -2.46. The Labute approximate surface area is 221 Å². The van der Waals surface area contributed by atoms with Gasteiger partial charge >= 0.3 is 6.09 Å². The number of ether oxygens (including phenoxy) is 2. The fraction of sp³-hybridized carbons (Fsp3) is 0.259. The summed E-state index contributed by atoms with van der Waals surface area (Å²) in [6.07, 6.45) is -1.16. The van der Waals surface area contributed by atoms with Gasteiger partial charge in [0.15, 0.2) is 11.4 Å². The smallest absolute Gasteiger partial charge is 0.417 e. The van der Waals surface area contributed by atoms with Gasteiger partial charge in [-0.2, -0.15) is 0 Å². The first-order chi connectivity index (χ1) is 18.5. The van der Waals surface area contributed by atoms with Gasteiger partial charge in [-0.1, -0.05) is 6.07 Å². The van der Waals surface area contributed by atoms with Crippen molar-refractivity contribution in [2.75, 3.05) is 12.4 Å². The van der Waals surface area contributed by atoms with Gasteiger partial charge in [-0.3, -0.25) is 19.7 Å². The van der Waals surface area contributed by atoms with Crippen molar-refractivity contribution in [1.82, 2.24) is 0 Å². The molecular formula is C27H24N2O10. The molecule has 3 aliphatic carbocycles. The Balaban J connectivity index is 1.49. The summed E-state index contributed by atoms with van der Waals surface area (Å²) in [5, 5.41) is 46.4. The first kappa shape index (κ1) is 25.8. The van der Waals surface area contributed by atoms with Crippen LogP contribution in [0, 0.1) is 11.8 Å². The molecule has 0 heterocycles. The second kappa shape index (κ2) is 9.17. The molecule has 0 spiro atoms. The van der Waals surface area contributed by atoms with E-state index >= 15 is 0 Å². The number of primary amides is 1. The van der Waals surface area contributed by atoms with Crippen LogP contribution in [0.25, 0.3) is 5.76 Å². The Kier molecular flexibility index (Phi) is 6.06. The Morgan fingerprint density at radius 2 is 1.69 bits per heavy atom. The number of nitrogens with two attached hydrogens (primary N) is 1. The number of carbonyl (C=O) groups excluding carboxylic acids is 4. The van der Waals surface area contributed by atoms with E-state index in [2.05, 4.69) is 5.32 Å². The molecule has 0 aromatic heterocycles. The summed E-state index contributed by atoms with van der Waals surface area (Å²) in [4.78, 5) is 50.1. The number of Topliss-reactive ketones (excluding diaryl/α,β-unsaturated/α-hetero) is 2. The number of aromatic hydroxyl groups is 1. The zero-order valence-corrected chi connectivity index (χ0v) is 20.6. The van der Waals surface area contributed by atoms with Crippen molar-refractivity contribution in [3.05, 3.63) is 64.4 Å². The van der Waals surface area contributed by atoms with E-state index < -0.39 is 70.3 Å². The van der Waals surface area contributed by atoms with Gasteiger partial charge in [-0.15, -0.1) is 0 Å². The molecule has 5 rings (SSSR count). The summed E-state index contributed by atoms with van der Waals surface area (Å²) in [5.41, 5.74) is 1.58. The van der Waals surface area contributed by atoms with Crippen LogP contribution in [0.1, 0.15) is 24.0 Å². The molecule has 3 atom stereocenters. The molecule has 0 unspecified atom stereocenters. The van der Waals surface area contributed by atoms with E-state index in [4.69, 9.17) is 15.2 Å². The second-order valence-electron chi connectivity index (χ2n) is 9.59. The van der Waals surface area contributed by atoms with Gasteiger partial charge in [0.1, 0.15) is 34.3 Å². The summed E-state index contributed by atoms with van der Waals surface area (Å²) in [7, 11) is 1.49. The highest BCUT2D eigenvalue weighted by Gasteiger charge is 2.60. The molecule has 12 nitrogen and oxygen atoms in total. The maximum atomic E-state index is 13.5. The Morgan fingerprint density at radius 3 is 2.33 bits per heavy atom. The minimum Gasteiger partial charge on any atom is -0.508 e. The van der Waals surface area contributed by atoms with E-state index in [1.54, 1.807) is 18.2 Å². The summed E-state index contributed by atoms with van der Waals surface area (Å²) >= 11 is 0. The summed E-state index contributed by atoms with van der Waals surface area (Å²) < 4.78 is 10.2. The molecule has 39 heavy (non-hydrogen) atoms. The molecule has 2 aromatic rings. The highest BCUT2D eigenvalue weighted by molar-refractivity contribution is 6.22. The van der Waals surface area contributed by atoms with Crippen molar-refractivity contribution in [3.63, 3.8) is 0 Å². The van der Waals surface area contributed by atoms with E-state index in [9.17, 15) is 39.6 Å². The van der Waals surface area contributed by atoms with Crippen LogP contribution < -0.4 is 20.5 Å². The highest BCUT2D eigenvalue weighted by Crippen LogP contribution is 2.52. The van der Waals surface area contributed by atoms with Gasteiger partial charge in [-0.25, -0.2) is 4.79 Å². The average molecular weight is 536 g/mol. The lowest BCUT2D eigenvalue weighted by molar-refractivity contribution is -0.147. The van der Waals surface area contributed by atoms with Crippen LogP contribution in [0.15, 0.2) is 53.3 Å². The molecule has 1 fully saturated rings. The van der Waals surface area contributed by atoms with Crippen LogP contribution in [0.4, 0.5) is 10.5 Å². The number of methoxy groups -OCH3 is 1. The number of carbonyl (C=O) groups is 4. The molecule has 7 N–H and O–H groups in total. The van der Waals surface area contributed by atoms with E-state index in [-0.39, 0.29) is 35.4 Å². The Bertz CT molecular complexity index is 1510. The quantitative estimate of drug-likeness (QED) is 0.248. The van der Waals surface area contributed by atoms with Crippen molar-refractivity contribution in [2.45, 2.75) is 24.9 Å². The van der Waals surface area contributed by atoms with E-state index in [0.717, 1.165) is 0 Å². The number of aliphatic hydroxyl groups excluding tert-OH is 2. The maximum absolute atomic E-state index is 13.5. The van der Waals surface area contributed by atoms with Crippen molar-refractivity contribution < 1.29 is 49.1 Å². The van der Waals surface area contributed by atoms with Crippen LogP contribution >= 0.6 is 0 Å². The predicted octanol–water partition coefficient (Wildman–Crippen LogP) is 2.04. The lowest BCUT2D eigenvalue weighted by Crippen LogP contribution is -2.58. The number of aliphatic hydroxyl groups is 3. The normalized spacial score (nSPS) is 23.9. The van der Waals surface area contributed by atoms with Crippen molar-refractivity contribution in [1.29, 1.82) is 0 Å². The van der Waals surface area contributed by atoms with Gasteiger partial charge in [-0.05, 0) is 54.7 Å². The first-order valence-corrected chi connectivity index (χ1v) is 11.9. The minimum atomic E-state index is -2.65. The molecule has 12 heteroatoms. The number of anilines is 1. The number of phenols is 1. The van der Waals surface area contributed by atoms with Crippen LogP contribution in [0.5, 0.6) is 17.2 Å². The zero-order valence-electron chi connectivity index (χ0n) is 20.6. The molecule has 2 aromatic carbocycles. The molecular weight excluding hydrogens is 512 g/mol. The van der Waals surface area contributed by atoms with Crippen molar-refractivity contribution in [3.8, 4) is 17.2 Å². The van der Waals surface area contributed by atoms with Gasteiger partial charge in [0, 0.05) is 17.9 Å². The molecule has 3 aliphatic rings. The van der Waals surface area contributed by atoms with E-state index in [0.29, 0.717) is 11.3 Å². The van der Waals surface area contributed by atoms with Crippen LogP contribution in [-0.2, 0) is 20.8 Å². The lowest BCUT2D eigenvalue weighted by atomic mass is 9.59. The van der Waals surface area contributed by atoms with E-state index in [1.807, 2.05) is 0 Å². The van der Waals surface area contributed by atoms with Crippen LogP contribution in [0.2, 0.25) is 0 Å². The summed E-state index contributed by atoms with van der Waals surface area (Å²) in [5.74, 6) is -6.49. The van der Waals surface area contributed by atoms with Crippen molar-refractivity contribution in [2.24, 2.45) is 17.6 Å². The average Bonchev–Trinajstić information content (AvgIpc) is 2.88. The van der Waals surface area contributed by atoms with Gasteiger partial charge in [0.05, 0.1) is 18.4 Å². The molecule has 0 aliphatic heterocycles. The maximum Gasteiger partial charge on any atom is 0.417 e. The number of ketones is 2. The number of phenolic OH excluding ortho intramolecular Hbond substituents is 1. The van der Waals surface area contributed by atoms with Crippen LogP contribution in [0.3, 0.4) is 0 Å². The third kappa shape index (κ3) is 3.96. The summed E-state index contributed by atoms with van der Waals surface area (Å²) in [6, 6.07) is 9.12. The highest BCUT2D eigenvalue weighted by atomic mass is 16.6. The predicted molar refractivity (Wildman–Crippen MR) is 134 cm³/mol. The zero-order chi connectivity index (χ0) is 28.2. The number of hydrogen-bond acceptors (Lipinski definition) is 10. The number of amides is 2. The minimum absolute atomic E-state index is 0.0257. The number of rotatable bonds is 4. The number of hydrogen-bond donors (Lipinski definition) is 6. The Morgan fingerprint density at radius 1 is 1.03 bits per heavy atom. The summed E-state index contributed by atoms with van der Waals surface area (Å²) in [6.45, 7) is 0. The van der Waals surface area contributed by atoms with Crippen molar-refractivity contribution >= 4 is 35.0 Å². The molecule has 0 radical (unpaired) electrons. The molecule has 2 amide bonds. The topological polar surface area (TPSA) is 206 Å². The van der Waals surface area contributed by atoms with Gasteiger partial charge in [0.25, 0.3) is 5.91 Å². The third-order valence-electron chi connectivity index (χ3n) is 7.44. The first-order valence-electron chi connectivity index (χ1n) is 11.9. The molecule has 1 saturated carbocycles. The monoisotopic (exact) mass is 536 g/mol. The number of fused-ring (bicyclic) bond motifs is 3. The van der Waals surface area contributed by atoms with Gasteiger partial charge < -0.3 is 35.6 Å². The molecule has 0 saturated heterocycles. The fourth-order valence-corrected chi connectivity index (χ4v) is 5.58. The standard InChI is InChI=1S/C27H24N2O10/c1-38-14-3-5-15(6-4-14)39-26(36)29-16-7-2-11-8-12-9-13-10-17(30)20(25(28)35)24(34)27(13,37)23(33)19(12)22(32)18(11)21(16)31/h2-7,12-13,31-32,34,37H,8-10H2,1H3,(H2,28,35)(H,29,36)/t12-,13-,27-/m0/s1. The van der Waals surface area contributed by atoms with Gasteiger partial charge in [0.2, 0.25) is 5.78 Å². The number of nitrogens with one attached hydrogen (secondary N) is 1. The van der Waals surface area contributed by atoms with E-state index in [1.165, 1.54) is 25.3 Å². The third-order valence-corrected chi connectivity index (χ3v) is 7.44. The molecule has 202 valence electrons. The molecule has 0 bridgehead atoms. The fourth-order valence-electron chi connectivity index (χ4n) is 5.58. The Hall–Kier alpha value is -4.84. The van der Waals surface area contributed by atoms with Crippen LogP contribution in [-0.4, -0.2) is 56.7 Å². The SMILES string of the molecule is COc1ccc(OC(=O)Nc2ccc3c(c2O)C(O)=C2C(=O)[C@]4(O)C(O)=C(C(N)=O)C(=O)C[C@@H]4C[C@@H]2C3)cc1. The largest absolute Gasteiger partial charge is 0.508 e. The second-order valence-corrected chi connectivity index (χ2v) is 9.59. The number of benzene rings is 2.